The van der Waals surface area contributed by atoms with Crippen molar-refractivity contribution >= 4 is 29.2 Å². The summed E-state index contributed by atoms with van der Waals surface area (Å²) < 4.78 is 25.6. The zero-order valence-corrected chi connectivity index (χ0v) is 19.8. The summed E-state index contributed by atoms with van der Waals surface area (Å²) in [7, 11) is 0. The average molecular weight is 508 g/mol. The molecule has 1 fully saturated rings. The summed E-state index contributed by atoms with van der Waals surface area (Å²) in [5.74, 6) is -0.801. The molecular weight excluding hydrogens is 484 g/mol. The van der Waals surface area contributed by atoms with Gasteiger partial charge in [-0.3, -0.25) is 0 Å². The van der Waals surface area contributed by atoms with Crippen molar-refractivity contribution in [3.8, 4) is 11.3 Å². The van der Waals surface area contributed by atoms with Crippen molar-refractivity contribution < 1.29 is 28.7 Å². The van der Waals surface area contributed by atoms with Crippen LogP contribution in [-0.2, 0) is 11.3 Å². The number of aliphatic hydroxyl groups excluding tert-OH is 1. The molecule has 9 heteroatoms. The highest BCUT2D eigenvalue weighted by molar-refractivity contribution is 6.39. The number of aliphatic hydroxyl groups is 1. The summed E-state index contributed by atoms with van der Waals surface area (Å²) in [5, 5.41) is 24.4. The molecule has 0 aliphatic heterocycles. The van der Waals surface area contributed by atoms with Crippen LogP contribution < -0.4 is 0 Å². The minimum atomic E-state index is -1.21. The Labute approximate surface area is 206 Å². The summed E-state index contributed by atoms with van der Waals surface area (Å²) >= 11 is 12.7. The van der Waals surface area contributed by atoms with Crippen molar-refractivity contribution in [3.05, 3.63) is 74.7 Å². The van der Waals surface area contributed by atoms with E-state index in [4.69, 9.17) is 37.6 Å². The standard InChI is InChI=1S/C25H24Cl2FNO5/c26-18-4-3-5-19(27)22(18)23-17(24(34-29-23)14-7-8-14)13-33-11-2-1-6-21(30)16-10-9-15(25(31)32)12-20(16)28/h3-5,9-10,12,14,21,30H,1-2,6-8,11,13H2,(H,31,32). The minimum Gasteiger partial charge on any atom is -0.478 e. The van der Waals surface area contributed by atoms with Crippen molar-refractivity contribution in [2.24, 2.45) is 0 Å². The fraction of sp³-hybridized carbons (Fsp3) is 0.360. The third-order valence-electron chi connectivity index (χ3n) is 5.84. The molecular formula is C25H24Cl2FNO5. The third kappa shape index (κ3) is 5.61. The van der Waals surface area contributed by atoms with Gasteiger partial charge in [0.05, 0.1) is 28.3 Å². The largest absolute Gasteiger partial charge is 0.478 e. The van der Waals surface area contributed by atoms with Crippen LogP contribution in [0.5, 0.6) is 0 Å². The quantitative estimate of drug-likeness (QED) is 0.277. The lowest BCUT2D eigenvalue weighted by Crippen LogP contribution is -2.05. The first-order valence-electron chi connectivity index (χ1n) is 11.1. The van der Waals surface area contributed by atoms with E-state index in [2.05, 4.69) is 5.16 Å². The van der Waals surface area contributed by atoms with Crippen LogP contribution in [0.25, 0.3) is 11.3 Å². The van der Waals surface area contributed by atoms with E-state index < -0.39 is 17.9 Å². The second-order valence-electron chi connectivity index (χ2n) is 8.35. The molecule has 3 aromatic rings. The van der Waals surface area contributed by atoms with E-state index in [1.54, 1.807) is 18.2 Å². The van der Waals surface area contributed by atoms with E-state index in [1.165, 1.54) is 12.1 Å². The number of aromatic nitrogens is 1. The Hall–Kier alpha value is -2.45. The number of ether oxygens (including phenoxy) is 1. The molecule has 0 saturated heterocycles. The number of aromatic carboxylic acids is 1. The maximum absolute atomic E-state index is 14.1. The van der Waals surface area contributed by atoms with Crippen LogP contribution in [0.2, 0.25) is 10.0 Å². The smallest absolute Gasteiger partial charge is 0.335 e. The van der Waals surface area contributed by atoms with E-state index in [9.17, 15) is 14.3 Å². The molecule has 0 spiro atoms. The number of carbonyl (C=O) groups is 1. The van der Waals surface area contributed by atoms with Crippen molar-refractivity contribution in [3.63, 3.8) is 0 Å². The molecule has 4 rings (SSSR count). The van der Waals surface area contributed by atoms with Gasteiger partial charge in [0, 0.05) is 29.2 Å². The number of hydrogen-bond acceptors (Lipinski definition) is 5. The number of benzene rings is 2. The second-order valence-corrected chi connectivity index (χ2v) is 9.16. The van der Waals surface area contributed by atoms with E-state index in [-0.39, 0.29) is 11.1 Å². The van der Waals surface area contributed by atoms with Crippen LogP contribution >= 0.6 is 23.2 Å². The Bertz CT molecular complexity index is 1160. The Morgan fingerprint density at radius 2 is 1.94 bits per heavy atom. The van der Waals surface area contributed by atoms with E-state index in [1.807, 2.05) is 0 Å². The first-order chi connectivity index (χ1) is 16.4. The maximum Gasteiger partial charge on any atom is 0.335 e. The molecule has 1 unspecified atom stereocenters. The summed E-state index contributed by atoms with van der Waals surface area (Å²) in [5.41, 5.74) is 2.00. The molecule has 1 aliphatic carbocycles. The normalized spacial score (nSPS) is 14.4. The Kier molecular flexibility index (Phi) is 7.88. The van der Waals surface area contributed by atoms with E-state index in [0.717, 1.165) is 30.2 Å². The summed E-state index contributed by atoms with van der Waals surface area (Å²) in [4.78, 5) is 10.9. The van der Waals surface area contributed by atoms with Gasteiger partial charge in [-0.15, -0.1) is 0 Å². The summed E-state index contributed by atoms with van der Waals surface area (Å²) in [6.45, 7) is 0.720. The molecule has 1 aromatic heterocycles. The van der Waals surface area contributed by atoms with Gasteiger partial charge in [-0.1, -0.05) is 40.5 Å². The molecule has 34 heavy (non-hydrogen) atoms. The van der Waals surface area contributed by atoms with Gasteiger partial charge < -0.3 is 19.5 Å². The highest BCUT2D eigenvalue weighted by Crippen LogP contribution is 2.46. The third-order valence-corrected chi connectivity index (χ3v) is 6.47. The highest BCUT2D eigenvalue weighted by Gasteiger charge is 2.33. The molecule has 180 valence electrons. The zero-order valence-electron chi connectivity index (χ0n) is 18.3. The van der Waals surface area contributed by atoms with Crippen LogP contribution in [0, 0.1) is 5.82 Å². The van der Waals surface area contributed by atoms with Gasteiger partial charge in [-0.05, 0) is 56.4 Å². The number of carboxylic acids is 1. The lowest BCUT2D eigenvalue weighted by molar-refractivity contribution is 0.0695. The van der Waals surface area contributed by atoms with Gasteiger partial charge in [0.1, 0.15) is 17.3 Å². The number of unbranched alkanes of at least 4 members (excludes halogenated alkanes) is 1. The summed E-state index contributed by atoms with van der Waals surface area (Å²) in [6, 6.07) is 8.79. The fourth-order valence-electron chi connectivity index (χ4n) is 3.85. The predicted molar refractivity (Wildman–Crippen MR) is 126 cm³/mol. The Morgan fingerprint density at radius 3 is 2.59 bits per heavy atom. The molecule has 0 radical (unpaired) electrons. The van der Waals surface area contributed by atoms with Crippen LogP contribution in [0.4, 0.5) is 4.39 Å². The van der Waals surface area contributed by atoms with E-state index in [0.29, 0.717) is 59.7 Å². The fourth-order valence-corrected chi connectivity index (χ4v) is 4.43. The number of rotatable bonds is 11. The number of nitrogens with zero attached hydrogens (tertiary/aromatic N) is 1. The molecule has 6 nitrogen and oxygen atoms in total. The average Bonchev–Trinajstić information content (AvgIpc) is 3.56. The van der Waals surface area contributed by atoms with Crippen molar-refractivity contribution in [2.45, 2.75) is 50.7 Å². The Morgan fingerprint density at radius 1 is 1.21 bits per heavy atom. The van der Waals surface area contributed by atoms with Crippen LogP contribution in [0.15, 0.2) is 40.9 Å². The van der Waals surface area contributed by atoms with Crippen molar-refractivity contribution in [1.29, 1.82) is 0 Å². The van der Waals surface area contributed by atoms with Crippen molar-refractivity contribution in [2.75, 3.05) is 6.61 Å². The number of carboxylic acid groups (broad SMARTS) is 1. The lowest BCUT2D eigenvalue weighted by atomic mass is 10.0. The molecule has 1 atom stereocenters. The van der Waals surface area contributed by atoms with Gasteiger partial charge in [0.25, 0.3) is 0 Å². The molecule has 2 aromatic carbocycles. The van der Waals surface area contributed by atoms with Gasteiger partial charge >= 0.3 is 5.97 Å². The van der Waals surface area contributed by atoms with Crippen LogP contribution in [0.1, 0.15) is 71.4 Å². The minimum absolute atomic E-state index is 0.0886. The van der Waals surface area contributed by atoms with Gasteiger partial charge in [0.2, 0.25) is 0 Å². The lowest BCUT2D eigenvalue weighted by Gasteiger charge is -2.12. The monoisotopic (exact) mass is 507 g/mol. The zero-order chi connectivity index (χ0) is 24.2. The topological polar surface area (TPSA) is 92.8 Å². The van der Waals surface area contributed by atoms with Crippen LogP contribution in [-0.4, -0.2) is 27.9 Å². The van der Waals surface area contributed by atoms with Crippen LogP contribution in [0.3, 0.4) is 0 Å². The predicted octanol–water partition coefficient (Wildman–Crippen LogP) is 6.78. The Balaban J connectivity index is 1.31. The van der Waals surface area contributed by atoms with E-state index >= 15 is 0 Å². The van der Waals surface area contributed by atoms with Gasteiger partial charge in [-0.25, -0.2) is 9.18 Å². The molecule has 1 aliphatic rings. The molecule has 2 N–H and O–H groups in total. The van der Waals surface area contributed by atoms with Gasteiger partial charge in [0.15, 0.2) is 0 Å². The molecule has 1 saturated carbocycles. The number of halogens is 3. The second kappa shape index (κ2) is 10.9. The first-order valence-corrected chi connectivity index (χ1v) is 11.8. The molecule has 0 bridgehead atoms. The first kappa shape index (κ1) is 24.7. The number of hydrogen-bond donors (Lipinski definition) is 2. The molecule has 1 heterocycles. The molecule has 0 amide bonds. The van der Waals surface area contributed by atoms with Crippen molar-refractivity contribution in [1.82, 2.24) is 5.16 Å². The SMILES string of the molecule is O=C(O)c1ccc(C(O)CCCCOCc2c(-c3c(Cl)cccc3Cl)noc2C2CC2)c(F)c1. The maximum atomic E-state index is 14.1. The van der Waals surface area contributed by atoms with Gasteiger partial charge in [-0.2, -0.15) is 0 Å². The highest BCUT2D eigenvalue weighted by atomic mass is 35.5. The summed E-state index contributed by atoms with van der Waals surface area (Å²) in [6.07, 6.45) is 2.64.